The van der Waals surface area contributed by atoms with Gasteiger partial charge in [0.15, 0.2) is 5.13 Å². The molecule has 21 heavy (non-hydrogen) atoms. The lowest BCUT2D eigenvalue weighted by molar-refractivity contribution is -0.119. The first-order valence-electron chi connectivity index (χ1n) is 7.48. The molecule has 1 aliphatic heterocycles. The summed E-state index contributed by atoms with van der Waals surface area (Å²) < 4.78 is 1.12. The highest BCUT2D eigenvalue weighted by Crippen LogP contribution is 2.28. The molecule has 2 heterocycles. The molecule has 0 saturated carbocycles. The van der Waals surface area contributed by atoms with E-state index in [1.54, 1.807) is 16.2 Å². The van der Waals surface area contributed by atoms with Gasteiger partial charge in [0.1, 0.15) is 0 Å². The van der Waals surface area contributed by atoms with Crippen LogP contribution < -0.4 is 4.90 Å². The second-order valence-corrected chi connectivity index (χ2v) is 6.88. The number of rotatable bonds is 3. The summed E-state index contributed by atoms with van der Waals surface area (Å²) in [4.78, 5) is 20.9. The second kappa shape index (κ2) is 6.12. The van der Waals surface area contributed by atoms with Gasteiger partial charge in [-0.1, -0.05) is 30.4 Å². The molecular formula is C16H21N3OS. The molecule has 1 aromatic carbocycles. The van der Waals surface area contributed by atoms with Crippen LogP contribution in [-0.4, -0.2) is 42.5 Å². The molecular weight excluding hydrogens is 282 g/mol. The zero-order valence-electron chi connectivity index (χ0n) is 12.6. The van der Waals surface area contributed by atoms with Gasteiger partial charge in [-0.05, 0) is 44.0 Å². The van der Waals surface area contributed by atoms with E-state index in [1.807, 2.05) is 31.3 Å². The Kier molecular flexibility index (Phi) is 4.22. The summed E-state index contributed by atoms with van der Waals surface area (Å²) in [5.41, 5.74) is 0.962. The van der Waals surface area contributed by atoms with Crippen LogP contribution >= 0.6 is 11.3 Å². The van der Waals surface area contributed by atoms with E-state index in [9.17, 15) is 4.79 Å². The van der Waals surface area contributed by atoms with Crippen LogP contribution in [0.5, 0.6) is 0 Å². The molecule has 1 fully saturated rings. The minimum Gasteiger partial charge on any atom is -0.294 e. The lowest BCUT2D eigenvalue weighted by Crippen LogP contribution is -2.42. The molecule has 1 aliphatic rings. The van der Waals surface area contributed by atoms with Crippen LogP contribution in [0.2, 0.25) is 0 Å². The number of likely N-dealkylation sites (N-methyl/N-ethyl adjacent to an activating group) is 1. The largest absolute Gasteiger partial charge is 0.294 e. The van der Waals surface area contributed by atoms with Crippen molar-refractivity contribution in [2.45, 2.75) is 19.8 Å². The number of piperidine rings is 1. The Morgan fingerprint density at radius 1 is 1.38 bits per heavy atom. The van der Waals surface area contributed by atoms with Gasteiger partial charge in [0.2, 0.25) is 5.91 Å². The monoisotopic (exact) mass is 303 g/mol. The fourth-order valence-corrected chi connectivity index (χ4v) is 3.57. The molecule has 2 aromatic rings. The molecule has 1 amide bonds. The summed E-state index contributed by atoms with van der Waals surface area (Å²) in [7, 11) is 1.83. The summed E-state index contributed by atoms with van der Waals surface area (Å²) >= 11 is 1.57. The fourth-order valence-electron chi connectivity index (χ4n) is 2.63. The number of hydrogen-bond donors (Lipinski definition) is 0. The van der Waals surface area contributed by atoms with Crippen molar-refractivity contribution in [1.82, 2.24) is 9.88 Å². The molecule has 0 N–H and O–H groups in total. The van der Waals surface area contributed by atoms with Crippen molar-refractivity contribution in [2.75, 3.05) is 31.6 Å². The van der Waals surface area contributed by atoms with E-state index in [0.29, 0.717) is 6.54 Å². The first-order valence-corrected chi connectivity index (χ1v) is 8.29. The van der Waals surface area contributed by atoms with E-state index in [4.69, 9.17) is 0 Å². The maximum absolute atomic E-state index is 12.4. The van der Waals surface area contributed by atoms with Gasteiger partial charge in [0.05, 0.1) is 16.8 Å². The molecule has 0 unspecified atom stereocenters. The average Bonchev–Trinajstić information content (AvgIpc) is 2.92. The number of benzene rings is 1. The summed E-state index contributed by atoms with van der Waals surface area (Å²) in [6, 6.07) is 8.00. The number of anilines is 1. The molecule has 0 radical (unpaired) electrons. The van der Waals surface area contributed by atoms with Crippen LogP contribution in [0.1, 0.15) is 19.8 Å². The first-order chi connectivity index (χ1) is 10.1. The molecule has 0 spiro atoms. The minimum atomic E-state index is 0.128. The van der Waals surface area contributed by atoms with Crippen molar-refractivity contribution in [1.29, 1.82) is 0 Å². The Bertz CT molecular complexity index is 598. The number of likely N-dealkylation sites (tertiary alicyclic amines) is 1. The minimum absolute atomic E-state index is 0.128. The standard InChI is InChI=1S/C16H21N3OS/c1-12-7-9-19(10-8-12)11-15(20)18(2)16-17-13-5-3-4-6-14(13)21-16/h3-6,12H,7-11H2,1-2H3. The number of carbonyl (C=O) groups is 1. The SMILES string of the molecule is CC1CCN(CC(=O)N(C)c2nc3ccccc3s2)CC1. The van der Waals surface area contributed by atoms with Crippen molar-refractivity contribution < 1.29 is 4.79 Å². The van der Waals surface area contributed by atoms with E-state index in [2.05, 4.69) is 16.8 Å². The second-order valence-electron chi connectivity index (χ2n) is 5.88. The average molecular weight is 303 g/mol. The number of para-hydroxylation sites is 1. The van der Waals surface area contributed by atoms with Gasteiger partial charge in [-0.25, -0.2) is 4.98 Å². The van der Waals surface area contributed by atoms with Gasteiger partial charge < -0.3 is 0 Å². The van der Waals surface area contributed by atoms with E-state index in [-0.39, 0.29) is 5.91 Å². The van der Waals surface area contributed by atoms with Crippen LogP contribution in [0.25, 0.3) is 10.2 Å². The molecule has 0 aliphatic carbocycles. The Morgan fingerprint density at radius 2 is 2.10 bits per heavy atom. The van der Waals surface area contributed by atoms with Crippen molar-refractivity contribution >= 4 is 32.6 Å². The van der Waals surface area contributed by atoms with Crippen LogP contribution in [0.4, 0.5) is 5.13 Å². The lowest BCUT2D eigenvalue weighted by atomic mass is 9.99. The normalized spacial score (nSPS) is 17.2. The summed E-state index contributed by atoms with van der Waals surface area (Å²) in [6.07, 6.45) is 2.39. The predicted molar refractivity (Wildman–Crippen MR) is 87.9 cm³/mol. The van der Waals surface area contributed by atoms with E-state index < -0.39 is 0 Å². The lowest BCUT2D eigenvalue weighted by Gasteiger charge is -2.30. The highest BCUT2D eigenvalue weighted by atomic mass is 32.1. The Labute approximate surface area is 129 Å². The topological polar surface area (TPSA) is 36.4 Å². The number of aromatic nitrogens is 1. The van der Waals surface area contributed by atoms with Gasteiger partial charge >= 0.3 is 0 Å². The van der Waals surface area contributed by atoms with Crippen molar-refractivity contribution in [2.24, 2.45) is 5.92 Å². The van der Waals surface area contributed by atoms with Crippen LogP contribution in [0.3, 0.4) is 0 Å². The Morgan fingerprint density at radius 3 is 2.81 bits per heavy atom. The maximum atomic E-state index is 12.4. The predicted octanol–water partition coefficient (Wildman–Crippen LogP) is 2.99. The van der Waals surface area contributed by atoms with Gasteiger partial charge in [-0.15, -0.1) is 0 Å². The van der Waals surface area contributed by atoms with Crippen molar-refractivity contribution in [3.8, 4) is 0 Å². The van der Waals surface area contributed by atoms with Gasteiger partial charge in [-0.3, -0.25) is 14.6 Å². The summed E-state index contributed by atoms with van der Waals surface area (Å²) in [5.74, 6) is 0.918. The van der Waals surface area contributed by atoms with Gasteiger partial charge in [0.25, 0.3) is 0 Å². The number of hydrogen-bond acceptors (Lipinski definition) is 4. The molecule has 4 nitrogen and oxygen atoms in total. The molecule has 5 heteroatoms. The number of nitrogens with zero attached hydrogens (tertiary/aromatic N) is 3. The maximum Gasteiger partial charge on any atom is 0.242 e. The zero-order chi connectivity index (χ0) is 14.8. The third kappa shape index (κ3) is 3.24. The van der Waals surface area contributed by atoms with Crippen LogP contribution in [-0.2, 0) is 4.79 Å². The highest BCUT2D eigenvalue weighted by molar-refractivity contribution is 7.22. The number of carbonyl (C=O) groups excluding carboxylic acids is 1. The number of thiazole rings is 1. The van der Waals surface area contributed by atoms with Crippen LogP contribution in [0.15, 0.2) is 24.3 Å². The van der Waals surface area contributed by atoms with Crippen molar-refractivity contribution in [3.63, 3.8) is 0 Å². The third-order valence-corrected chi connectivity index (χ3v) is 5.29. The molecule has 1 saturated heterocycles. The third-order valence-electron chi connectivity index (χ3n) is 4.18. The number of fused-ring (bicyclic) bond motifs is 1. The molecule has 112 valence electrons. The zero-order valence-corrected chi connectivity index (χ0v) is 13.4. The molecule has 0 bridgehead atoms. The van der Waals surface area contributed by atoms with E-state index >= 15 is 0 Å². The van der Waals surface area contributed by atoms with E-state index in [1.165, 1.54) is 12.8 Å². The molecule has 1 aromatic heterocycles. The Hall–Kier alpha value is -1.46. The van der Waals surface area contributed by atoms with Crippen molar-refractivity contribution in [3.05, 3.63) is 24.3 Å². The molecule has 3 rings (SSSR count). The van der Waals surface area contributed by atoms with Gasteiger partial charge in [0, 0.05) is 7.05 Å². The van der Waals surface area contributed by atoms with E-state index in [0.717, 1.165) is 34.4 Å². The number of amides is 1. The van der Waals surface area contributed by atoms with Crippen LogP contribution in [0, 0.1) is 5.92 Å². The first kappa shape index (κ1) is 14.5. The highest BCUT2D eigenvalue weighted by Gasteiger charge is 2.21. The molecule has 0 atom stereocenters. The summed E-state index contributed by atoms with van der Waals surface area (Å²) in [6.45, 7) is 4.84. The fraction of sp³-hybridized carbons (Fsp3) is 0.500. The smallest absolute Gasteiger partial charge is 0.242 e. The quantitative estimate of drug-likeness (QED) is 0.874. The van der Waals surface area contributed by atoms with Gasteiger partial charge in [-0.2, -0.15) is 0 Å². The summed E-state index contributed by atoms with van der Waals surface area (Å²) in [5, 5.41) is 0.784. The Balaban J connectivity index is 1.66.